The summed E-state index contributed by atoms with van der Waals surface area (Å²) in [4.78, 5) is 2.43. The lowest BCUT2D eigenvalue weighted by molar-refractivity contribution is 0.298. The molecule has 1 aromatic rings. The van der Waals surface area contributed by atoms with Gasteiger partial charge in [-0.25, -0.2) is 0 Å². The monoisotopic (exact) mass is 224 g/mol. The summed E-state index contributed by atoms with van der Waals surface area (Å²) in [5.41, 5.74) is 1.45. The predicted octanol–water partition coefficient (Wildman–Crippen LogP) is 2.18. The highest BCUT2D eigenvalue weighted by molar-refractivity contribution is 7.07. The van der Waals surface area contributed by atoms with E-state index in [2.05, 4.69) is 34.1 Å². The van der Waals surface area contributed by atoms with Crippen molar-refractivity contribution >= 4 is 11.3 Å². The minimum Gasteiger partial charge on any atom is -0.316 e. The Hall–Kier alpha value is -0.380. The summed E-state index contributed by atoms with van der Waals surface area (Å²) in [5, 5.41) is 7.83. The Morgan fingerprint density at radius 3 is 3.20 bits per heavy atom. The average Bonchev–Trinajstić information content (AvgIpc) is 2.86. The molecule has 15 heavy (non-hydrogen) atoms. The van der Waals surface area contributed by atoms with Crippen LogP contribution in [0.1, 0.15) is 18.4 Å². The summed E-state index contributed by atoms with van der Waals surface area (Å²) >= 11 is 1.79. The van der Waals surface area contributed by atoms with E-state index in [9.17, 15) is 0 Å². The maximum atomic E-state index is 3.42. The van der Waals surface area contributed by atoms with E-state index in [1.165, 1.54) is 38.0 Å². The molecule has 0 aliphatic carbocycles. The molecule has 0 amide bonds. The largest absolute Gasteiger partial charge is 0.316 e. The van der Waals surface area contributed by atoms with Gasteiger partial charge >= 0.3 is 0 Å². The third-order valence-corrected chi connectivity index (χ3v) is 3.85. The molecule has 1 fully saturated rings. The van der Waals surface area contributed by atoms with Gasteiger partial charge in [-0.15, -0.1) is 0 Å². The predicted molar refractivity (Wildman–Crippen MR) is 66.2 cm³/mol. The first-order chi connectivity index (χ1) is 7.34. The van der Waals surface area contributed by atoms with Crippen LogP contribution in [0.5, 0.6) is 0 Å². The molecule has 0 bridgehead atoms. The number of nitrogens with one attached hydrogen (secondary N) is 1. The normalized spacial score (nSPS) is 21.3. The van der Waals surface area contributed by atoms with Crippen molar-refractivity contribution in [1.29, 1.82) is 0 Å². The zero-order valence-electron chi connectivity index (χ0n) is 9.41. The van der Waals surface area contributed by atoms with Gasteiger partial charge in [-0.3, -0.25) is 0 Å². The molecule has 2 rings (SSSR count). The lowest BCUT2D eigenvalue weighted by Crippen LogP contribution is -2.21. The van der Waals surface area contributed by atoms with Gasteiger partial charge in [0.1, 0.15) is 0 Å². The van der Waals surface area contributed by atoms with E-state index < -0.39 is 0 Å². The summed E-state index contributed by atoms with van der Waals surface area (Å²) in [6, 6.07) is 2.22. The van der Waals surface area contributed by atoms with Crippen molar-refractivity contribution in [3.8, 4) is 0 Å². The van der Waals surface area contributed by atoms with E-state index in [1.807, 2.05) is 0 Å². The van der Waals surface area contributed by atoms with E-state index in [-0.39, 0.29) is 0 Å². The van der Waals surface area contributed by atoms with Gasteiger partial charge in [0.15, 0.2) is 0 Å². The van der Waals surface area contributed by atoms with Crippen LogP contribution in [-0.2, 0) is 6.54 Å². The third kappa shape index (κ3) is 3.59. The van der Waals surface area contributed by atoms with Crippen molar-refractivity contribution < 1.29 is 0 Å². The maximum absolute atomic E-state index is 3.42. The van der Waals surface area contributed by atoms with Crippen LogP contribution in [0, 0.1) is 5.92 Å². The van der Waals surface area contributed by atoms with Crippen molar-refractivity contribution in [3.63, 3.8) is 0 Å². The highest BCUT2D eigenvalue weighted by Gasteiger charge is 2.14. The van der Waals surface area contributed by atoms with Crippen LogP contribution in [-0.4, -0.2) is 31.6 Å². The second-order valence-electron chi connectivity index (χ2n) is 4.52. The van der Waals surface area contributed by atoms with Crippen LogP contribution in [0.2, 0.25) is 0 Å². The first-order valence-corrected chi connectivity index (χ1v) is 6.69. The number of rotatable bonds is 5. The van der Waals surface area contributed by atoms with E-state index in [0.717, 1.165) is 12.5 Å². The summed E-state index contributed by atoms with van der Waals surface area (Å²) in [7, 11) is 2.22. The topological polar surface area (TPSA) is 15.3 Å². The lowest BCUT2D eigenvalue weighted by atomic mass is 10.1. The number of hydrogen-bond acceptors (Lipinski definition) is 3. The standard InChI is InChI=1S/C12H20N2S/c1-14(9-12-4-7-15-10-12)6-3-11-2-5-13-8-11/h4,7,10-11,13H,2-3,5-6,8-9H2,1H3. The van der Waals surface area contributed by atoms with Crippen molar-refractivity contribution in [2.45, 2.75) is 19.4 Å². The second-order valence-corrected chi connectivity index (χ2v) is 5.30. The van der Waals surface area contributed by atoms with E-state index in [4.69, 9.17) is 0 Å². The molecule has 0 saturated carbocycles. The molecule has 0 spiro atoms. The fourth-order valence-corrected chi connectivity index (χ4v) is 2.80. The van der Waals surface area contributed by atoms with Crippen molar-refractivity contribution in [2.24, 2.45) is 5.92 Å². The maximum Gasteiger partial charge on any atom is 0.0238 e. The van der Waals surface area contributed by atoms with Gasteiger partial charge in [-0.05, 0) is 67.8 Å². The molecule has 1 aliphatic heterocycles. The Bertz CT molecular complexity index is 265. The Kier molecular flexibility index (Phi) is 4.18. The summed E-state index contributed by atoms with van der Waals surface area (Å²) in [6.45, 7) is 4.77. The van der Waals surface area contributed by atoms with Crippen LogP contribution >= 0.6 is 11.3 Å². The molecular formula is C12H20N2S. The van der Waals surface area contributed by atoms with Crippen LogP contribution < -0.4 is 5.32 Å². The fourth-order valence-electron chi connectivity index (χ4n) is 2.14. The first-order valence-electron chi connectivity index (χ1n) is 5.75. The molecule has 1 unspecified atom stereocenters. The minimum atomic E-state index is 0.912. The van der Waals surface area contributed by atoms with Gasteiger partial charge in [0, 0.05) is 6.54 Å². The minimum absolute atomic E-state index is 0.912. The highest BCUT2D eigenvalue weighted by atomic mass is 32.1. The Morgan fingerprint density at radius 2 is 2.53 bits per heavy atom. The van der Waals surface area contributed by atoms with Crippen molar-refractivity contribution in [3.05, 3.63) is 22.4 Å². The number of hydrogen-bond donors (Lipinski definition) is 1. The Morgan fingerprint density at radius 1 is 1.60 bits per heavy atom. The van der Waals surface area contributed by atoms with Crippen molar-refractivity contribution in [1.82, 2.24) is 10.2 Å². The molecule has 84 valence electrons. The van der Waals surface area contributed by atoms with Crippen molar-refractivity contribution in [2.75, 3.05) is 26.7 Å². The SMILES string of the molecule is CN(CCC1CCNC1)Cc1ccsc1. The summed E-state index contributed by atoms with van der Waals surface area (Å²) in [5.74, 6) is 0.912. The van der Waals surface area contributed by atoms with Crippen LogP contribution in [0.4, 0.5) is 0 Å². The van der Waals surface area contributed by atoms with Gasteiger partial charge < -0.3 is 10.2 Å². The zero-order chi connectivity index (χ0) is 10.5. The van der Waals surface area contributed by atoms with E-state index in [0.29, 0.717) is 0 Å². The molecule has 1 atom stereocenters. The molecule has 1 aromatic heterocycles. The van der Waals surface area contributed by atoms with Gasteiger partial charge in [0.25, 0.3) is 0 Å². The molecule has 0 radical (unpaired) electrons. The first kappa shape index (κ1) is 11.1. The van der Waals surface area contributed by atoms with Gasteiger partial charge in [-0.2, -0.15) is 11.3 Å². The highest BCUT2D eigenvalue weighted by Crippen LogP contribution is 2.14. The van der Waals surface area contributed by atoms with Crippen LogP contribution in [0.15, 0.2) is 16.8 Å². The average molecular weight is 224 g/mol. The molecular weight excluding hydrogens is 204 g/mol. The number of nitrogens with zero attached hydrogens (tertiary/aromatic N) is 1. The van der Waals surface area contributed by atoms with Gasteiger partial charge in [-0.1, -0.05) is 0 Å². The molecule has 1 saturated heterocycles. The molecule has 3 heteroatoms. The molecule has 2 nitrogen and oxygen atoms in total. The Labute approximate surface area is 96.3 Å². The third-order valence-electron chi connectivity index (χ3n) is 3.11. The van der Waals surface area contributed by atoms with Crippen LogP contribution in [0.25, 0.3) is 0 Å². The molecule has 0 aromatic carbocycles. The quantitative estimate of drug-likeness (QED) is 0.824. The van der Waals surface area contributed by atoms with Gasteiger partial charge in [0.05, 0.1) is 0 Å². The van der Waals surface area contributed by atoms with Crippen LogP contribution in [0.3, 0.4) is 0 Å². The second kappa shape index (κ2) is 5.64. The van der Waals surface area contributed by atoms with E-state index >= 15 is 0 Å². The summed E-state index contributed by atoms with van der Waals surface area (Å²) in [6.07, 6.45) is 2.71. The zero-order valence-corrected chi connectivity index (χ0v) is 10.2. The summed E-state index contributed by atoms with van der Waals surface area (Å²) < 4.78 is 0. The van der Waals surface area contributed by atoms with E-state index in [1.54, 1.807) is 11.3 Å². The molecule has 2 heterocycles. The fraction of sp³-hybridized carbons (Fsp3) is 0.667. The Balaban J connectivity index is 1.66. The lowest BCUT2D eigenvalue weighted by Gasteiger charge is -2.17. The smallest absolute Gasteiger partial charge is 0.0238 e. The van der Waals surface area contributed by atoms with Gasteiger partial charge in [0.2, 0.25) is 0 Å². The molecule has 1 N–H and O–H groups in total. The number of thiophene rings is 1. The molecule has 1 aliphatic rings.